The number of piperidine rings is 1. The molecule has 1 aliphatic heterocycles. The van der Waals surface area contributed by atoms with Crippen LogP contribution in [0.2, 0.25) is 0 Å². The van der Waals surface area contributed by atoms with Gasteiger partial charge in [-0.15, -0.1) is 0 Å². The average Bonchev–Trinajstić information content (AvgIpc) is 1.80. The lowest BCUT2D eigenvalue weighted by Crippen LogP contribution is -2.61. The van der Waals surface area contributed by atoms with E-state index in [4.69, 9.17) is 5.73 Å². The fourth-order valence-electron chi connectivity index (χ4n) is 2.35. The Bertz CT molecular complexity index is 159. The first-order chi connectivity index (χ1) is 5.26. The molecule has 1 heterocycles. The van der Waals surface area contributed by atoms with Gasteiger partial charge in [0.05, 0.1) is 0 Å². The van der Waals surface area contributed by atoms with Crippen LogP contribution in [0, 0.1) is 0 Å². The second kappa shape index (κ2) is 2.69. The van der Waals surface area contributed by atoms with Crippen molar-refractivity contribution in [1.29, 1.82) is 0 Å². The Balaban J connectivity index is 2.84. The maximum atomic E-state index is 9.86. The molecule has 0 aromatic heterocycles. The fourth-order valence-corrected chi connectivity index (χ4v) is 2.35. The van der Waals surface area contributed by atoms with Gasteiger partial charge in [-0.25, -0.2) is 0 Å². The minimum absolute atomic E-state index is 0.193. The number of nitrogens with zero attached hydrogens (tertiary/aromatic N) is 1. The van der Waals surface area contributed by atoms with Gasteiger partial charge in [0, 0.05) is 17.1 Å². The van der Waals surface area contributed by atoms with E-state index < -0.39 is 0 Å². The van der Waals surface area contributed by atoms with Crippen molar-refractivity contribution in [1.82, 2.24) is 5.06 Å². The number of nitrogens with two attached hydrogens (primary N) is 1. The Morgan fingerprint density at radius 3 is 1.83 bits per heavy atom. The first kappa shape index (κ1) is 9.96. The van der Waals surface area contributed by atoms with Gasteiger partial charge in [0.25, 0.3) is 0 Å². The van der Waals surface area contributed by atoms with Crippen LogP contribution in [-0.4, -0.2) is 27.4 Å². The van der Waals surface area contributed by atoms with Gasteiger partial charge in [-0.05, 0) is 40.5 Å². The Morgan fingerprint density at radius 1 is 1.17 bits per heavy atom. The van der Waals surface area contributed by atoms with E-state index in [0.717, 1.165) is 12.8 Å². The number of rotatable bonds is 0. The zero-order valence-corrected chi connectivity index (χ0v) is 8.46. The normalized spacial score (nSPS) is 30.5. The Morgan fingerprint density at radius 2 is 1.50 bits per heavy atom. The SMILES string of the molecule is CC1(C)CC(N)CC(C)(C)[15N]1O. The quantitative estimate of drug-likeness (QED) is 0.544. The van der Waals surface area contributed by atoms with Crippen LogP contribution in [0.4, 0.5) is 0 Å². The molecule has 3 N–H and O–H groups in total. The van der Waals surface area contributed by atoms with E-state index in [1.54, 1.807) is 0 Å². The molecule has 0 spiro atoms. The molecule has 1 aliphatic rings. The summed E-state index contributed by atoms with van der Waals surface area (Å²) in [7, 11) is 0. The van der Waals surface area contributed by atoms with Crippen LogP contribution in [0.15, 0.2) is 0 Å². The van der Waals surface area contributed by atoms with E-state index in [9.17, 15) is 5.21 Å². The molecule has 0 unspecified atom stereocenters. The van der Waals surface area contributed by atoms with Crippen molar-refractivity contribution in [3.05, 3.63) is 0 Å². The summed E-state index contributed by atoms with van der Waals surface area (Å²) in [6, 6.07) is 0.207. The minimum Gasteiger partial charge on any atom is -0.328 e. The molecule has 0 aromatic rings. The molecule has 0 saturated carbocycles. The predicted octanol–water partition coefficient (Wildman–Crippen LogP) is 1.36. The Kier molecular flexibility index (Phi) is 2.23. The highest BCUT2D eigenvalue weighted by molar-refractivity contribution is 4.97. The maximum absolute atomic E-state index is 9.86. The molecule has 3 nitrogen and oxygen atoms in total. The smallest absolute Gasteiger partial charge is 0.0425 e. The second-order valence-electron chi connectivity index (χ2n) is 5.10. The lowest BCUT2D eigenvalue weighted by Gasteiger charge is -2.50. The monoisotopic (exact) mass is 173 g/mol. The zero-order valence-electron chi connectivity index (χ0n) is 8.46. The zero-order chi connectivity index (χ0) is 9.57. The molecular weight excluding hydrogens is 153 g/mol. The molecule has 1 saturated heterocycles. The number of hydrogen-bond acceptors (Lipinski definition) is 3. The minimum atomic E-state index is -0.193. The van der Waals surface area contributed by atoms with Crippen LogP contribution in [0.1, 0.15) is 40.5 Å². The maximum Gasteiger partial charge on any atom is 0.0425 e. The van der Waals surface area contributed by atoms with Gasteiger partial charge >= 0.3 is 0 Å². The van der Waals surface area contributed by atoms with E-state index in [-0.39, 0.29) is 17.1 Å². The summed E-state index contributed by atoms with van der Waals surface area (Å²) in [5.41, 5.74) is 5.52. The highest BCUT2D eigenvalue weighted by Crippen LogP contribution is 2.35. The van der Waals surface area contributed by atoms with E-state index in [1.807, 2.05) is 27.7 Å². The van der Waals surface area contributed by atoms with E-state index in [1.165, 1.54) is 5.06 Å². The molecule has 0 bridgehead atoms. The average molecular weight is 173 g/mol. The first-order valence-corrected chi connectivity index (χ1v) is 4.50. The largest absolute Gasteiger partial charge is 0.328 e. The predicted molar refractivity (Wildman–Crippen MR) is 49.0 cm³/mol. The highest BCUT2D eigenvalue weighted by Gasteiger charge is 2.43. The third kappa shape index (κ3) is 1.63. The van der Waals surface area contributed by atoms with Crippen molar-refractivity contribution in [3.8, 4) is 0 Å². The van der Waals surface area contributed by atoms with Gasteiger partial charge in [-0.2, -0.15) is 5.06 Å². The van der Waals surface area contributed by atoms with Gasteiger partial charge in [0.2, 0.25) is 0 Å². The highest BCUT2D eigenvalue weighted by atomic mass is 16.8. The third-order valence-corrected chi connectivity index (χ3v) is 2.67. The number of hydrogen-bond donors (Lipinski definition) is 2. The molecule has 0 amide bonds. The Hall–Kier alpha value is -0.120. The van der Waals surface area contributed by atoms with Gasteiger partial charge in [0.15, 0.2) is 0 Å². The third-order valence-electron chi connectivity index (χ3n) is 2.67. The second-order valence-corrected chi connectivity index (χ2v) is 5.10. The van der Waals surface area contributed by atoms with Crippen molar-refractivity contribution in [2.75, 3.05) is 0 Å². The number of hydroxylamine groups is 2. The van der Waals surface area contributed by atoms with Crippen LogP contribution < -0.4 is 5.73 Å². The van der Waals surface area contributed by atoms with E-state index in [0.29, 0.717) is 0 Å². The molecule has 0 radical (unpaired) electrons. The summed E-state index contributed by atoms with van der Waals surface area (Å²) in [6.07, 6.45) is 1.71. The lowest BCUT2D eigenvalue weighted by atomic mass is 9.83. The van der Waals surface area contributed by atoms with Crippen LogP contribution >= 0.6 is 0 Å². The van der Waals surface area contributed by atoms with Crippen molar-refractivity contribution >= 4 is 0 Å². The van der Waals surface area contributed by atoms with Crippen LogP contribution in [-0.2, 0) is 0 Å². The molecule has 72 valence electrons. The lowest BCUT2D eigenvalue weighted by molar-refractivity contribution is -0.244. The van der Waals surface area contributed by atoms with Crippen molar-refractivity contribution in [3.63, 3.8) is 0 Å². The topological polar surface area (TPSA) is 49.5 Å². The van der Waals surface area contributed by atoms with Gasteiger partial charge in [-0.3, -0.25) is 0 Å². The van der Waals surface area contributed by atoms with E-state index >= 15 is 0 Å². The molecule has 3 heteroatoms. The molecule has 1 fully saturated rings. The Labute approximate surface area is 74.5 Å². The molecule has 12 heavy (non-hydrogen) atoms. The molecule has 0 aliphatic carbocycles. The van der Waals surface area contributed by atoms with Crippen LogP contribution in [0.3, 0.4) is 0 Å². The molecular formula is C9H20N2O. The summed E-state index contributed by atoms with van der Waals surface area (Å²) in [6.45, 7) is 8.09. The molecule has 0 atom stereocenters. The molecule has 1 rings (SSSR count). The van der Waals surface area contributed by atoms with Crippen LogP contribution in [0.25, 0.3) is 0 Å². The summed E-state index contributed by atoms with van der Waals surface area (Å²) >= 11 is 0. The van der Waals surface area contributed by atoms with E-state index in [2.05, 4.69) is 0 Å². The molecule has 0 aromatic carbocycles. The van der Waals surface area contributed by atoms with Gasteiger partial charge in [0.1, 0.15) is 0 Å². The van der Waals surface area contributed by atoms with Crippen LogP contribution in [0.5, 0.6) is 0 Å². The summed E-state index contributed by atoms with van der Waals surface area (Å²) in [5, 5.41) is 11.3. The summed E-state index contributed by atoms with van der Waals surface area (Å²) in [4.78, 5) is 0. The fraction of sp³-hybridized carbons (Fsp3) is 1.00. The summed E-state index contributed by atoms with van der Waals surface area (Å²) in [5.74, 6) is 0. The standard InChI is InChI=1S/C9H20N2O/c1-8(2)5-7(10)6-9(3,4)11(8)12/h7,12H,5-6,10H2,1-4H3/i11+1. The first-order valence-electron chi connectivity index (χ1n) is 4.50. The van der Waals surface area contributed by atoms with Gasteiger partial charge in [-0.1, -0.05) is 0 Å². The van der Waals surface area contributed by atoms with Crippen molar-refractivity contribution in [2.45, 2.75) is 57.7 Å². The van der Waals surface area contributed by atoms with Gasteiger partial charge < -0.3 is 10.9 Å². The van der Waals surface area contributed by atoms with Crippen molar-refractivity contribution in [2.24, 2.45) is 5.73 Å². The van der Waals surface area contributed by atoms with Crippen molar-refractivity contribution < 1.29 is 5.21 Å². The summed E-state index contributed by atoms with van der Waals surface area (Å²) < 4.78 is 0.